The number of anilines is 3. The van der Waals surface area contributed by atoms with Gasteiger partial charge in [0.1, 0.15) is 23.0 Å². The van der Waals surface area contributed by atoms with Crippen molar-refractivity contribution < 1.29 is 13.2 Å². The molecule has 7 N–H and O–H groups in total. The monoisotopic (exact) mass is 431 g/mol. The van der Waals surface area contributed by atoms with Crippen molar-refractivity contribution in [2.75, 3.05) is 18.1 Å². The molecule has 31 heavy (non-hydrogen) atoms. The first-order valence-electron chi connectivity index (χ1n) is 8.97. The van der Waals surface area contributed by atoms with Crippen LogP contribution >= 0.6 is 0 Å². The van der Waals surface area contributed by atoms with Crippen molar-refractivity contribution in [2.45, 2.75) is 18.6 Å². The number of nitrogens with one attached hydrogen (secondary N) is 3. The Morgan fingerprint density at radius 3 is 2.55 bits per heavy atom. The fourth-order valence-corrected chi connectivity index (χ4v) is 2.82. The van der Waals surface area contributed by atoms with Crippen molar-refractivity contribution in [1.29, 1.82) is 5.53 Å². The summed E-state index contributed by atoms with van der Waals surface area (Å²) in [6.07, 6.45) is -0.608. The summed E-state index contributed by atoms with van der Waals surface area (Å²) in [6, 6.07) is 5.82. The third-order valence-electron chi connectivity index (χ3n) is 4.69. The van der Waals surface area contributed by atoms with Crippen LogP contribution in [-0.2, 0) is 5.54 Å². The highest BCUT2D eigenvalue weighted by molar-refractivity contribution is 5.93. The summed E-state index contributed by atoms with van der Waals surface area (Å²) < 4.78 is 39.8. The van der Waals surface area contributed by atoms with Crippen LogP contribution in [0.4, 0.5) is 30.6 Å². The van der Waals surface area contributed by atoms with Crippen LogP contribution in [0.3, 0.4) is 0 Å². The summed E-state index contributed by atoms with van der Waals surface area (Å²) in [4.78, 5) is 12.6. The highest BCUT2D eigenvalue weighted by atomic mass is 19.4. The molecular formula is C19H20F3N9. The van der Waals surface area contributed by atoms with Crippen LogP contribution in [-0.4, -0.2) is 28.2 Å². The average Bonchev–Trinajstić information content (AvgIpc) is 2.71. The lowest BCUT2D eigenvalue weighted by atomic mass is 9.93. The zero-order valence-electron chi connectivity index (χ0n) is 16.6. The molecule has 0 spiro atoms. The van der Waals surface area contributed by atoms with Gasteiger partial charge in [0.05, 0.1) is 17.6 Å². The summed E-state index contributed by atoms with van der Waals surface area (Å²) in [6.45, 7) is 0.897. The van der Waals surface area contributed by atoms with Crippen LogP contribution in [0.5, 0.6) is 0 Å². The molecule has 0 aliphatic heterocycles. The second kappa shape index (κ2) is 8.14. The van der Waals surface area contributed by atoms with Gasteiger partial charge in [-0.2, -0.15) is 18.3 Å². The van der Waals surface area contributed by atoms with Crippen LogP contribution in [0.25, 0.3) is 16.5 Å². The molecule has 0 saturated carbocycles. The number of halogens is 3. The molecule has 3 rings (SSSR count). The van der Waals surface area contributed by atoms with E-state index in [2.05, 4.69) is 30.7 Å². The Bertz CT molecular complexity index is 1160. The first-order valence-corrected chi connectivity index (χ1v) is 8.97. The van der Waals surface area contributed by atoms with Gasteiger partial charge in [0.15, 0.2) is 0 Å². The van der Waals surface area contributed by atoms with Crippen LogP contribution in [0, 0.1) is 5.53 Å². The largest absolute Gasteiger partial charge is 0.410 e. The molecule has 1 atom stereocenters. The van der Waals surface area contributed by atoms with E-state index in [4.69, 9.17) is 17.0 Å². The highest BCUT2D eigenvalue weighted by Crippen LogP contribution is 2.37. The Morgan fingerprint density at radius 1 is 1.19 bits per heavy atom. The molecule has 0 radical (unpaired) electrons. The molecule has 0 aliphatic carbocycles. The lowest BCUT2D eigenvalue weighted by Crippen LogP contribution is -2.47. The smallest absolute Gasteiger partial charge is 0.385 e. The van der Waals surface area contributed by atoms with Gasteiger partial charge >= 0.3 is 6.18 Å². The van der Waals surface area contributed by atoms with E-state index < -0.39 is 11.7 Å². The fourth-order valence-electron chi connectivity index (χ4n) is 2.82. The molecule has 3 aromatic rings. The number of hydrogen-bond acceptors (Lipinski definition) is 9. The molecule has 0 aromatic carbocycles. The zero-order chi connectivity index (χ0) is 22.8. The van der Waals surface area contributed by atoms with Gasteiger partial charge < -0.3 is 22.1 Å². The number of nitrogen functional groups attached to an aromatic ring is 1. The molecule has 12 heteroatoms. The van der Waals surface area contributed by atoms with E-state index in [1.54, 1.807) is 19.2 Å². The van der Waals surface area contributed by atoms with E-state index in [1.807, 2.05) is 0 Å². The first kappa shape index (κ1) is 21.9. The molecule has 3 aromatic heterocycles. The fraction of sp³-hybridized carbons (Fsp3) is 0.211. The normalized spacial score (nSPS) is 14.2. The Labute approximate surface area is 175 Å². The number of hydrogen-bond donors (Lipinski definition) is 5. The highest BCUT2D eigenvalue weighted by Gasteiger charge is 2.49. The Kier molecular flexibility index (Phi) is 5.75. The van der Waals surface area contributed by atoms with Crippen molar-refractivity contribution in [2.24, 2.45) is 10.8 Å². The van der Waals surface area contributed by atoms with Crippen molar-refractivity contribution in [3.8, 4) is 0 Å². The molecule has 0 amide bonds. The number of pyridine rings is 3. The summed E-state index contributed by atoms with van der Waals surface area (Å²) in [7, 11) is 1.66. The lowest BCUT2D eigenvalue weighted by molar-refractivity contribution is -0.184. The van der Waals surface area contributed by atoms with Crippen LogP contribution in [0.15, 0.2) is 48.0 Å². The standard InChI is InChI=1S/C19H20F3N9/c1-18(24,19(20,21)22)11-3-4-27-16(7-11)31-15-6-10-5-13(14(26-2)9-29-25)30-17(23)12(10)8-28-15/h3-9,25-26H,24H2,1-2H3,(H2,23,30)(H,27,28,31)/b14-9-,29-25?/t18-/m0/s1. The minimum absolute atomic E-state index is 0.142. The van der Waals surface area contributed by atoms with E-state index in [-0.39, 0.29) is 17.2 Å². The maximum Gasteiger partial charge on any atom is 0.410 e. The third-order valence-corrected chi connectivity index (χ3v) is 4.69. The SMILES string of the molecule is CN/C(=C\N=N)c1cc2cc(Nc3cc([C@](C)(N)C(F)(F)F)ccn3)ncc2c(N)n1. The molecule has 0 bridgehead atoms. The molecule has 0 saturated heterocycles. The molecular weight excluding hydrogens is 411 g/mol. The van der Waals surface area contributed by atoms with Gasteiger partial charge in [-0.25, -0.2) is 20.5 Å². The number of nitrogens with two attached hydrogens (primary N) is 2. The molecule has 162 valence electrons. The summed E-state index contributed by atoms with van der Waals surface area (Å²) in [5.74, 6) is 0.706. The predicted molar refractivity (Wildman–Crippen MR) is 111 cm³/mol. The van der Waals surface area contributed by atoms with Gasteiger partial charge in [0.25, 0.3) is 0 Å². The number of nitrogens with zero attached hydrogens (tertiary/aromatic N) is 4. The summed E-state index contributed by atoms with van der Waals surface area (Å²) in [5, 5.41) is 10.2. The van der Waals surface area contributed by atoms with Crippen molar-refractivity contribution in [1.82, 2.24) is 20.3 Å². The molecule has 3 heterocycles. The van der Waals surface area contributed by atoms with Crippen molar-refractivity contribution in [3.05, 3.63) is 54.1 Å². The summed E-state index contributed by atoms with van der Waals surface area (Å²) >= 11 is 0. The van der Waals surface area contributed by atoms with Crippen molar-refractivity contribution in [3.63, 3.8) is 0 Å². The Morgan fingerprint density at radius 2 is 1.90 bits per heavy atom. The number of fused-ring (bicyclic) bond motifs is 1. The van der Waals surface area contributed by atoms with Gasteiger partial charge in [0, 0.05) is 24.8 Å². The molecule has 9 nitrogen and oxygen atoms in total. The van der Waals surface area contributed by atoms with Crippen molar-refractivity contribution >= 4 is 33.9 Å². The van der Waals surface area contributed by atoms with Crippen LogP contribution in [0.2, 0.25) is 0 Å². The van der Waals surface area contributed by atoms with E-state index in [9.17, 15) is 13.2 Å². The Balaban J connectivity index is 1.99. The molecule has 0 fully saturated rings. The maximum atomic E-state index is 13.3. The second-order valence-electron chi connectivity index (χ2n) is 6.86. The summed E-state index contributed by atoms with van der Waals surface area (Å²) in [5.41, 5.74) is 16.8. The number of aromatic nitrogens is 3. The molecule has 0 unspecified atom stereocenters. The van der Waals surface area contributed by atoms with E-state index in [0.29, 0.717) is 28.0 Å². The van der Waals surface area contributed by atoms with Gasteiger partial charge in [-0.15, -0.1) is 0 Å². The second-order valence-corrected chi connectivity index (χ2v) is 6.86. The van der Waals surface area contributed by atoms with Gasteiger partial charge in [-0.1, -0.05) is 0 Å². The van der Waals surface area contributed by atoms with Gasteiger partial charge in [0.2, 0.25) is 0 Å². The van der Waals surface area contributed by atoms with Gasteiger partial charge in [-0.05, 0) is 42.1 Å². The quantitative estimate of drug-likeness (QED) is 0.374. The van der Waals surface area contributed by atoms with Gasteiger partial charge in [-0.3, -0.25) is 0 Å². The van der Waals surface area contributed by atoms with Crippen LogP contribution < -0.4 is 22.1 Å². The first-order chi connectivity index (χ1) is 14.6. The van der Waals surface area contributed by atoms with E-state index in [1.165, 1.54) is 30.7 Å². The third kappa shape index (κ3) is 4.38. The lowest BCUT2D eigenvalue weighted by Gasteiger charge is -2.28. The number of alkyl halides is 3. The molecule has 0 aliphatic rings. The Hall–Kier alpha value is -3.80. The average molecular weight is 431 g/mol. The topological polar surface area (TPSA) is 151 Å². The van der Waals surface area contributed by atoms with E-state index in [0.717, 1.165) is 6.92 Å². The zero-order valence-corrected chi connectivity index (χ0v) is 16.6. The maximum absolute atomic E-state index is 13.3. The number of rotatable bonds is 6. The predicted octanol–water partition coefficient (Wildman–Crippen LogP) is 3.64. The minimum Gasteiger partial charge on any atom is -0.385 e. The van der Waals surface area contributed by atoms with E-state index >= 15 is 0 Å². The minimum atomic E-state index is -4.63. The van der Waals surface area contributed by atoms with Crippen LogP contribution in [0.1, 0.15) is 18.2 Å².